The highest BCUT2D eigenvalue weighted by atomic mass is 16.5. The zero-order valence-electron chi connectivity index (χ0n) is 14.7. The van der Waals surface area contributed by atoms with Gasteiger partial charge in [-0.2, -0.15) is 0 Å². The number of nitrogens with zero attached hydrogens (tertiary/aromatic N) is 1. The third-order valence-corrected chi connectivity index (χ3v) is 5.43. The molecule has 0 aromatic heterocycles. The molecule has 24 heavy (non-hydrogen) atoms. The van der Waals surface area contributed by atoms with E-state index < -0.39 is 0 Å². The summed E-state index contributed by atoms with van der Waals surface area (Å²) in [5, 5.41) is 0. The van der Waals surface area contributed by atoms with Crippen LogP contribution >= 0.6 is 0 Å². The van der Waals surface area contributed by atoms with Crippen molar-refractivity contribution in [3.8, 4) is 5.75 Å². The lowest BCUT2D eigenvalue weighted by Crippen LogP contribution is -2.38. The highest BCUT2D eigenvalue weighted by Crippen LogP contribution is 2.38. The SMILES string of the molecule is COC1CCC(c2ccccc2OCC(=O)N2CCCCC2)CC1. The second-order valence-electron chi connectivity index (χ2n) is 6.98. The van der Waals surface area contributed by atoms with Crippen LogP contribution < -0.4 is 4.74 Å². The van der Waals surface area contributed by atoms with Crippen molar-refractivity contribution >= 4 is 5.91 Å². The number of piperidine rings is 1. The Kier molecular flexibility index (Phi) is 6.13. The number of carbonyl (C=O) groups is 1. The maximum Gasteiger partial charge on any atom is 0.260 e. The number of amides is 1. The minimum absolute atomic E-state index is 0.118. The highest BCUT2D eigenvalue weighted by Gasteiger charge is 2.25. The van der Waals surface area contributed by atoms with E-state index in [1.807, 2.05) is 17.0 Å². The molecule has 1 saturated carbocycles. The van der Waals surface area contributed by atoms with Gasteiger partial charge in [-0.15, -0.1) is 0 Å². The molecule has 1 aromatic carbocycles. The summed E-state index contributed by atoms with van der Waals surface area (Å²) in [6.45, 7) is 1.92. The van der Waals surface area contributed by atoms with Gasteiger partial charge in [0.25, 0.3) is 5.91 Å². The summed E-state index contributed by atoms with van der Waals surface area (Å²) in [4.78, 5) is 14.3. The molecule has 4 nitrogen and oxygen atoms in total. The molecule has 3 rings (SSSR count). The number of para-hydroxylation sites is 1. The summed E-state index contributed by atoms with van der Waals surface area (Å²) in [5.41, 5.74) is 1.25. The first kappa shape index (κ1) is 17.3. The second kappa shape index (κ2) is 8.52. The largest absolute Gasteiger partial charge is 0.483 e. The molecule has 0 spiro atoms. The fraction of sp³-hybridized carbons (Fsp3) is 0.650. The average Bonchev–Trinajstić information content (AvgIpc) is 2.67. The first-order valence-electron chi connectivity index (χ1n) is 9.30. The lowest BCUT2D eigenvalue weighted by atomic mass is 9.82. The van der Waals surface area contributed by atoms with Crippen LogP contribution in [0.4, 0.5) is 0 Å². The molecule has 2 fully saturated rings. The van der Waals surface area contributed by atoms with Gasteiger partial charge in [0.15, 0.2) is 6.61 Å². The first-order valence-corrected chi connectivity index (χ1v) is 9.30. The summed E-state index contributed by atoms with van der Waals surface area (Å²) in [6, 6.07) is 8.21. The number of ether oxygens (including phenoxy) is 2. The minimum atomic E-state index is 0.118. The van der Waals surface area contributed by atoms with Gasteiger partial charge in [0.05, 0.1) is 6.10 Å². The van der Waals surface area contributed by atoms with Crippen LogP contribution in [0.15, 0.2) is 24.3 Å². The lowest BCUT2D eigenvalue weighted by Gasteiger charge is -2.29. The van der Waals surface area contributed by atoms with Crippen LogP contribution in [-0.4, -0.2) is 43.7 Å². The third kappa shape index (κ3) is 4.29. The van der Waals surface area contributed by atoms with E-state index in [1.165, 1.54) is 12.0 Å². The average molecular weight is 331 g/mol. The summed E-state index contributed by atoms with van der Waals surface area (Å²) in [5.74, 6) is 1.51. The Labute approximate surface area is 145 Å². The van der Waals surface area contributed by atoms with Gasteiger partial charge in [0.1, 0.15) is 5.75 Å². The van der Waals surface area contributed by atoms with Crippen LogP contribution in [0.3, 0.4) is 0 Å². The second-order valence-corrected chi connectivity index (χ2v) is 6.98. The Morgan fingerprint density at radius 2 is 1.79 bits per heavy atom. The van der Waals surface area contributed by atoms with Gasteiger partial charge in [0.2, 0.25) is 0 Å². The smallest absolute Gasteiger partial charge is 0.260 e. The zero-order chi connectivity index (χ0) is 16.8. The quantitative estimate of drug-likeness (QED) is 0.825. The Morgan fingerprint density at radius 1 is 1.08 bits per heavy atom. The number of methoxy groups -OCH3 is 1. The van der Waals surface area contributed by atoms with E-state index in [9.17, 15) is 4.79 Å². The molecule has 1 amide bonds. The summed E-state index contributed by atoms with van der Waals surface area (Å²) in [6.07, 6.45) is 8.31. The summed E-state index contributed by atoms with van der Waals surface area (Å²) >= 11 is 0. The monoisotopic (exact) mass is 331 g/mol. The number of hydrogen-bond donors (Lipinski definition) is 0. The number of likely N-dealkylation sites (tertiary alicyclic amines) is 1. The predicted molar refractivity (Wildman–Crippen MR) is 94.4 cm³/mol. The van der Waals surface area contributed by atoms with Crippen molar-refractivity contribution < 1.29 is 14.3 Å². The van der Waals surface area contributed by atoms with E-state index in [0.29, 0.717) is 12.0 Å². The fourth-order valence-corrected chi connectivity index (χ4v) is 3.93. The molecule has 1 heterocycles. The molecule has 4 heteroatoms. The third-order valence-electron chi connectivity index (χ3n) is 5.43. The fourth-order valence-electron chi connectivity index (χ4n) is 3.93. The van der Waals surface area contributed by atoms with Crippen molar-refractivity contribution in [2.24, 2.45) is 0 Å². The molecule has 1 aliphatic heterocycles. The topological polar surface area (TPSA) is 38.8 Å². The minimum Gasteiger partial charge on any atom is -0.483 e. The molecule has 1 saturated heterocycles. The molecule has 0 unspecified atom stereocenters. The maximum atomic E-state index is 12.3. The molecule has 2 aliphatic rings. The van der Waals surface area contributed by atoms with Gasteiger partial charge in [0, 0.05) is 20.2 Å². The molecule has 1 aliphatic carbocycles. The standard InChI is InChI=1S/C20H29NO3/c1-23-17-11-9-16(10-12-17)18-7-3-4-8-19(18)24-15-20(22)21-13-5-2-6-14-21/h3-4,7-8,16-17H,2,5-6,9-15H2,1H3. The molecule has 0 atom stereocenters. The van der Waals surface area contributed by atoms with Crippen LogP contribution in [0.2, 0.25) is 0 Å². The zero-order valence-corrected chi connectivity index (χ0v) is 14.7. The molecule has 0 radical (unpaired) electrons. The van der Waals surface area contributed by atoms with Gasteiger partial charge in [-0.25, -0.2) is 0 Å². The number of carbonyl (C=O) groups excluding carboxylic acids is 1. The van der Waals surface area contributed by atoms with Gasteiger partial charge in [-0.1, -0.05) is 18.2 Å². The summed E-state index contributed by atoms with van der Waals surface area (Å²) < 4.78 is 11.4. The molecular formula is C20H29NO3. The Morgan fingerprint density at radius 3 is 2.50 bits per heavy atom. The van der Waals surface area contributed by atoms with Gasteiger partial charge in [-0.3, -0.25) is 4.79 Å². The normalized spacial score (nSPS) is 24.6. The maximum absolute atomic E-state index is 12.3. The van der Waals surface area contributed by atoms with Crippen LogP contribution in [0, 0.1) is 0 Å². The predicted octanol–water partition coefficient (Wildman–Crippen LogP) is 3.75. The highest BCUT2D eigenvalue weighted by molar-refractivity contribution is 5.77. The molecule has 0 bridgehead atoms. The molecule has 0 N–H and O–H groups in total. The van der Waals surface area contributed by atoms with E-state index in [-0.39, 0.29) is 12.5 Å². The van der Waals surface area contributed by atoms with E-state index >= 15 is 0 Å². The van der Waals surface area contributed by atoms with Gasteiger partial charge >= 0.3 is 0 Å². The van der Waals surface area contributed by atoms with Gasteiger partial charge < -0.3 is 14.4 Å². The van der Waals surface area contributed by atoms with Crippen LogP contribution in [-0.2, 0) is 9.53 Å². The van der Waals surface area contributed by atoms with Crippen molar-refractivity contribution in [2.45, 2.75) is 57.0 Å². The van der Waals surface area contributed by atoms with E-state index in [4.69, 9.17) is 9.47 Å². The van der Waals surface area contributed by atoms with Crippen molar-refractivity contribution in [1.82, 2.24) is 4.90 Å². The Balaban J connectivity index is 1.59. The number of rotatable bonds is 5. The van der Waals surface area contributed by atoms with Crippen molar-refractivity contribution in [1.29, 1.82) is 0 Å². The van der Waals surface area contributed by atoms with E-state index in [1.54, 1.807) is 7.11 Å². The van der Waals surface area contributed by atoms with Crippen LogP contribution in [0.1, 0.15) is 56.4 Å². The van der Waals surface area contributed by atoms with Crippen molar-refractivity contribution in [3.05, 3.63) is 29.8 Å². The van der Waals surface area contributed by atoms with E-state index in [2.05, 4.69) is 12.1 Å². The number of hydrogen-bond acceptors (Lipinski definition) is 3. The molecule has 132 valence electrons. The number of benzene rings is 1. The Hall–Kier alpha value is -1.55. The first-order chi connectivity index (χ1) is 11.8. The molecule has 1 aromatic rings. The van der Waals surface area contributed by atoms with Crippen molar-refractivity contribution in [2.75, 3.05) is 26.8 Å². The Bertz CT molecular complexity index is 531. The van der Waals surface area contributed by atoms with Crippen LogP contribution in [0.5, 0.6) is 5.75 Å². The summed E-state index contributed by atoms with van der Waals surface area (Å²) in [7, 11) is 1.80. The lowest BCUT2D eigenvalue weighted by molar-refractivity contribution is -0.134. The van der Waals surface area contributed by atoms with Gasteiger partial charge in [-0.05, 0) is 62.5 Å². The van der Waals surface area contributed by atoms with Crippen LogP contribution in [0.25, 0.3) is 0 Å². The van der Waals surface area contributed by atoms with E-state index in [0.717, 1.165) is 57.4 Å². The molecular weight excluding hydrogens is 302 g/mol. The van der Waals surface area contributed by atoms with Crippen molar-refractivity contribution in [3.63, 3.8) is 0 Å².